The summed E-state index contributed by atoms with van der Waals surface area (Å²) in [5.41, 5.74) is 4.70. The zero-order valence-corrected chi connectivity index (χ0v) is 52.6. The number of urea groups is 1. The second-order valence-electron chi connectivity index (χ2n) is 23.8. The SMILES string of the molecule is C=C/C=C\C=C(/C)C(C)(C)[C@@H](C(=O)N[C@H](C(=O)N(C)[C@H](/C=C(\C)C(=O)N[C@H](CCC(=O)O)C(=O)O)C(C)C)C(C)(C)C)N(C)C(=O)OCc1ccc(NC(=O)[C@H](CCCNC(N)=O)NC(=O)[C@@H](NC(=O)CCCCCN2C(=O)C=CC2=O)C(C)C)cc1. The van der Waals surface area contributed by atoms with Crippen LogP contribution in [0, 0.1) is 22.7 Å². The molecule has 11 amide bonds. The van der Waals surface area contributed by atoms with Crippen molar-refractivity contribution in [3.8, 4) is 0 Å². The van der Waals surface area contributed by atoms with Crippen molar-refractivity contribution in [1.82, 2.24) is 41.3 Å². The first kappa shape index (κ1) is 74.5. The first-order valence-corrected chi connectivity index (χ1v) is 29.0. The number of amides is 11. The predicted molar refractivity (Wildman–Crippen MR) is 327 cm³/mol. The Labute approximate surface area is 510 Å². The number of nitrogens with zero attached hydrogens (tertiary/aromatic N) is 3. The summed E-state index contributed by atoms with van der Waals surface area (Å²) in [6, 6.07) is -1.41. The van der Waals surface area contributed by atoms with E-state index in [1.165, 1.54) is 44.1 Å². The largest absolute Gasteiger partial charge is 0.481 e. The van der Waals surface area contributed by atoms with Crippen LogP contribution in [0.1, 0.15) is 133 Å². The van der Waals surface area contributed by atoms with E-state index in [4.69, 9.17) is 15.6 Å². The fraction of sp³-hybridized carbons (Fsp3) is 0.548. The number of allylic oxidation sites excluding steroid dienone is 4. The quantitative estimate of drug-likeness (QED) is 0.0182. The summed E-state index contributed by atoms with van der Waals surface area (Å²) in [4.78, 5) is 159. The molecule has 0 bridgehead atoms. The van der Waals surface area contributed by atoms with Crippen molar-refractivity contribution < 1.29 is 72.5 Å². The molecule has 25 nitrogen and oxygen atoms in total. The van der Waals surface area contributed by atoms with Gasteiger partial charge < -0.3 is 57.5 Å². The van der Waals surface area contributed by atoms with Gasteiger partial charge in [0.25, 0.3) is 11.8 Å². The second-order valence-corrected chi connectivity index (χ2v) is 23.8. The first-order valence-electron chi connectivity index (χ1n) is 29.0. The Morgan fingerprint density at radius 1 is 0.736 bits per heavy atom. The van der Waals surface area contributed by atoms with Crippen LogP contribution in [0.3, 0.4) is 0 Å². The third kappa shape index (κ3) is 24.3. The number of ether oxygens (including phenoxy) is 1. The topological polar surface area (TPSA) is 362 Å². The number of primary amides is 1. The van der Waals surface area contributed by atoms with Gasteiger partial charge in [-0.3, -0.25) is 53.0 Å². The molecular formula is C62H92N10O15. The Morgan fingerprint density at radius 2 is 1.36 bits per heavy atom. The Morgan fingerprint density at radius 3 is 1.90 bits per heavy atom. The van der Waals surface area contributed by atoms with E-state index in [1.807, 2.05) is 13.8 Å². The third-order valence-electron chi connectivity index (χ3n) is 14.8. The monoisotopic (exact) mass is 1220 g/mol. The minimum atomic E-state index is -1.48. The van der Waals surface area contributed by atoms with Crippen LogP contribution in [0.15, 0.2) is 84.5 Å². The summed E-state index contributed by atoms with van der Waals surface area (Å²) >= 11 is 0. The smallest absolute Gasteiger partial charge is 0.410 e. The molecule has 0 spiro atoms. The minimum absolute atomic E-state index is 0.0633. The molecule has 0 fully saturated rings. The molecule has 0 saturated carbocycles. The molecule has 10 N–H and O–H groups in total. The lowest BCUT2D eigenvalue weighted by atomic mass is 9.76. The number of nitrogens with two attached hydrogens (primary N) is 1. The number of rotatable bonds is 35. The number of likely N-dealkylation sites (N-methyl/N-ethyl adjacent to an activating group) is 2. The van der Waals surface area contributed by atoms with Gasteiger partial charge in [-0.1, -0.05) is 123 Å². The van der Waals surface area contributed by atoms with Crippen molar-refractivity contribution >= 4 is 77.0 Å². The van der Waals surface area contributed by atoms with Crippen molar-refractivity contribution in [2.75, 3.05) is 32.5 Å². The number of anilines is 1. The van der Waals surface area contributed by atoms with Crippen LogP contribution < -0.4 is 37.6 Å². The summed E-state index contributed by atoms with van der Waals surface area (Å²) in [6.07, 6.45) is 10.8. The zero-order valence-electron chi connectivity index (χ0n) is 52.6. The maximum Gasteiger partial charge on any atom is 0.410 e. The van der Waals surface area contributed by atoms with E-state index >= 15 is 0 Å². The number of imide groups is 1. The molecule has 0 aromatic heterocycles. The van der Waals surface area contributed by atoms with Gasteiger partial charge in [0, 0.05) is 68.9 Å². The van der Waals surface area contributed by atoms with Crippen LogP contribution >= 0.6 is 0 Å². The van der Waals surface area contributed by atoms with E-state index in [0.717, 1.165) is 9.80 Å². The highest BCUT2D eigenvalue weighted by atomic mass is 16.6. The summed E-state index contributed by atoms with van der Waals surface area (Å²) in [5, 5.41) is 34.7. The van der Waals surface area contributed by atoms with Gasteiger partial charge in [-0.2, -0.15) is 0 Å². The molecule has 1 aliphatic heterocycles. The Kier molecular flexibility index (Phi) is 30.0. The molecule has 480 valence electrons. The maximum atomic E-state index is 14.9. The molecule has 0 aliphatic carbocycles. The molecule has 87 heavy (non-hydrogen) atoms. The fourth-order valence-corrected chi connectivity index (χ4v) is 9.28. The van der Waals surface area contributed by atoms with Gasteiger partial charge in [0.15, 0.2) is 0 Å². The van der Waals surface area contributed by atoms with Crippen molar-refractivity contribution in [2.45, 2.75) is 170 Å². The highest BCUT2D eigenvalue weighted by Crippen LogP contribution is 2.35. The lowest BCUT2D eigenvalue weighted by Gasteiger charge is -2.42. The van der Waals surface area contributed by atoms with Gasteiger partial charge in [-0.15, -0.1) is 0 Å². The maximum absolute atomic E-state index is 14.9. The van der Waals surface area contributed by atoms with E-state index in [1.54, 1.807) is 104 Å². The number of hydrogen-bond donors (Lipinski definition) is 9. The molecule has 2 rings (SSSR count). The number of carboxylic acid groups (broad SMARTS) is 2. The predicted octanol–water partition coefficient (Wildman–Crippen LogP) is 5.23. The molecule has 0 radical (unpaired) electrons. The minimum Gasteiger partial charge on any atom is -0.481 e. The third-order valence-corrected chi connectivity index (χ3v) is 14.8. The van der Waals surface area contributed by atoms with Crippen LogP contribution in [0.5, 0.6) is 0 Å². The van der Waals surface area contributed by atoms with Gasteiger partial charge >= 0.3 is 24.1 Å². The van der Waals surface area contributed by atoms with E-state index < -0.39 is 119 Å². The molecular weight excluding hydrogens is 1120 g/mol. The average Bonchev–Trinajstić information content (AvgIpc) is 2.31. The van der Waals surface area contributed by atoms with Gasteiger partial charge in [-0.05, 0) is 80.9 Å². The van der Waals surface area contributed by atoms with E-state index in [2.05, 4.69) is 38.5 Å². The van der Waals surface area contributed by atoms with Crippen molar-refractivity contribution in [3.63, 3.8) is 0 Å². The van der Waals surface area contributed by atoms with Gasteiger partial charge in [0.05, 0.1) is 6.04 Å². The standard InChI is InChI=1S/C62H92N10O15/c1-15-16-18-22-40(7)62(11,12)52(56(81)69-51(61(8,9)10)57(82)70(13)45(37(2)3)35-39(6)53(78)67-44(58(83)84)29-32-49(76)77)71(14)60(86)87-36-41-25-27-42(28-26-41)65-54(79)43(23-21-33-64-59(63)85)66-55(80)50(38(4)5)68-46(73)24-19-17-20-34-72-47(74)30-31-48(72)75/h15-16,18,22,25-28,30-31,35,37-38,43-45,50-52H,1,17,19-21,23-24,29,32-34,36H2,2-14H3,(H,65,79)(H,66,80)(H,67,78)(H,68,73)(H,69,81)(H,76,77)(H,83,84)(H3,63,64,85)/b18-16-,39-35+,40-22+/t43-,44+,45+,50-,51+,52+/m0/s1. The highest BCUT2D eigenvalue weighted by Gasteiger charge is 2.45. The first-order chi connectivity index (χ1) is 40.5. The normalized spacial score (nSPS) is 15.0. The number of benzene rings is 1. The number of carboxylic acids is 2. The summed E-state index contributed by atoms with van der Waals surface area (Å²) in [6.45, 7) is 22.8. The Hall–Kier alpha value is -8.64. The molecule has 1 aromatic rings. The average molecular weight is 1220 g/mol. The number of aliphatic carboxylic acids is 2. The lowest BCUT2D eigenvalue weighted by molar-refractivity contribution is -0.142. The Balaban J connectivity index is 2.35. The van der Waals surface area contributed by atoms with Crippen LogP contribution in [0.2, 0.25) is 0 Å². The van der Waals surface area contributed by atoms with E-state index in [9.17, 15) is 62.6 Å². The second kappa shape index (κ2) is 35.1. The fourth-order valence-electron chi connectivity index (χ4n) is 9.28. The van der Waals surface area contributed by atoms with Crippen LogP contribution in [0.4, 0.5) is 15.3 Å². The molecule has 25 heteroatoms. The van der Waals surface area contributed by atoms with Crippen molar-refractivity contribution in [1.29, 1.82) is 0 Å². The Bertz CT molecular complexity index is 2760. The van der Waals surface area contributed by atoms with Crippen molar-refractivity contribution in [2.24, 2.45) is 28.4 Å². The van der Waals surface area contributed by atoms with Gasteiger partial charge in [-0.25, -0.2) is 14.4 Å². The number of hydrogen-bond acceptors (Lipinski definition) is 13. The van der Waals surface area contributed by atoms with Crippen molar-refractivity contribution in [3.05, 3.63) is 90.1 Å². The lowest BCUT2D eigenvalue weighted by Crippen LogP contribution is -2.62. The molecule has 1 heterocycles. The van der Waals surface area contributed by atoms with Gasteiger partial charge in [0.2, 0.25) is 35.4 Å². The van der Waals surface area contributed by atoms with Crippen LogP contribution in [-0.4, -0.2) is 160 Å². The number of nitrogens with one attached hydrogen (secondary N) is 6. The van der Waals surface area contributed by atoms with Crippen LogP contribution in [0.25, 0.3) is 0 Å². The molecule has 1 aliphatic rings. The number of carbonyl (C=O) groups excluding carboxylic acids is 10. The van der Waals surface area contributed by atoms with E-state index in [0.29, 0.717) is 36.1 Å². The molecule has 1 aromatic carbocycles. The summed E-state index contributed by atoms with van der Waals surface area (Å²) in [5.74, 6) is -7.77. The molecule has 0 unspecified atom stereocenters. The van der Waals surface area contributed by atoms with Gasteiger partial charge in [0.1, 0.15) is 36.8 Å². The highest BCUT2D eigenvalue weighted by molar-refractivity contribution is 6.12. The molecule has 0 saturated heterocycles. The number of carbonyl (C=O) groups is 12. The number of unbranched alkanes of at least 4 members (excludes halogenated alkanes) is 2. The molecule has 6 atom stereocenters. The summed E-state index contributed by atoms with van der Waals surface area (Å²) < 4.78 is 5.79. The van der Waals surface area contributed by atoms with Crippen LogP contribution in [-0.2, 0) is 59.3 Å². The van der Waals surface area contributed by atoms with E-state index in [-0.39, 0.29) is 68.7 Å². The zero-order chi connectivity index (χ0) is 66.1. The summed E-state index contributed by atoms with van der Waals surface area (Å²) in [7, 11) is 2.91.